The van der Waals surface area contributed by atoms with Crippen molar-refractivity contribution in [1.29, 1.82) is 0 Å². The summed E-state index contributed by atoms with van der Waals surface area (Å²) in [5.74, 6) is 0.660. The van der Waals surface area contributed by atoms with E-state index in [1.54, 1.807) is 7.11 Å². The van der Waals surface area contributed by atoms with Crippen molar-refractivity contribution in [1.82, 2.24) is 41.3 Å². The first-order valence-electron chi connectivity index (χ1n) is 16.1. The highest BCUT2D eigenvalue weighted by molar-refractivity contribution is 5.69. The first kappa shape index (κ1) is 36.4. The fourth-order valence-corrected chi connectivity index (χ4v) is 4.75. The van der Waals surface area contributed by atoms with Crippen molar-refractivity contribution < 1.29 is 14.3 Å². The molecule has 0 spiro atoms. The topological polar surface area (TPSA) is 105 Å². The molecule has 1 saturated heterocycles. The lowest BCUT2D eigenvalue weighted by atomic mass is 10.2. The van der Waals surface area contributed by atoms with E-state index in [0.29, 0.717) is 13.0 Å². The zero-order valence-corrected chi connectivity index (χ0v) is 26.7. The second-order valence-corrected chi connectivity index (χ2v) is 11.0. The third-order valence-electron chi connectivity index (χ3n) is 7.51. The van der Waals surface area contributed by atoms with E-state index < -0.39 is 0 Å². The number of ether oxygens (including phenoxy) is 2. The first-order chi connectivity index (χ1) is 20.6. The molecule has 1 heterocycles. The summed E-state index contributed by atoms with van der Waals surface area (Å²) in [6.45, 7) is 20.4. The number of nitrogens with zero attached hydrogens (tertiary/aromatic N) is 3. The molecule has 0 aliphatic carbocycles. The van der Waals surface area contributed by atoms with Gasteiger partial charge in [-0.15, -0.1) is 0 Å². The Labute approximate surface area is 255 Å². The summed E-state index contributed by atoms with van der Waals surface area (Å²) in [5.41, 5.74) is 0.968. The fraction of sp³-hybridized carbons (Fsp3) is 0.774. The summed E-state index contributed by atoms with van der Waals surface area (Å²) < 4.78 is 10.7. The van der Waals surface area contributed by atoms with Gasteiger partial charge < -0.3 is 45.9 Å². The van der Waals surface area contributed by atoms with Gasteiger partial charge in [-0.3, -0.25) is 9.69 Å². The molecule has 2 rings (SSSR count). The number of likely N-dealkylation sites (N-methyl/N-ethyl adjacent to an activating group) is 2. The average molecular weight is 593 g/mol. The highest BCUT2D eigenvalue weighted by atomic mass is 16.5. The van der Waals surface area contributed by atoms with Gasteiger partial charge in [0.25, 0.3) is 0 Å². The Bertz CT molecular complexity index is 786. The van der Waals surface area contributed by atoms with Crippen LogP contribution in [0.2, 0.25) is 0 Å². The molecule has 0 bridgehead atoms. The highest BCUT2D eigenvalue weighted by Gasteiger charge is 2.11. The number of nitrogens with one attached hydrogen (secondary N) is 5. The summed E-state index contributed by atoms with van der Waals surface area (Å²) in [4.78, 5) is 19.8. The Morgan fingerprint density at radius 1 is 0.786 bits per heavy atom. The van der Waals surface area contributed by atoms with Gasteiger partial charge in [0.05, 0.1) is 7.11 Å². The van der Waals surface area contributed by atoms with Crippen LogP contribution in [-0.2, 0) is 16.1 Å². The molecule has 11 heteroatoms. The van der Waals surface area contributed by atoms with E-state index in [9.17, 15) is 4.79 Å². The number of esters is 1. The fourth-order valence-electron chi connectivity index (χ4n) is 4.75. The third-order valence-corrected chi connectivity index (χ3v) is 7.51. The van der Waals surface area contributed by atoms with Crippen LogP contribution in [0.3, 0.4) is 0 Å². The van der Waals surface area contributed by atoms with Crippen LogP contribution >= 0.6 is 0 Å². The van der Waals surface area contributed by atoms with Crippen LogP contribution in [0.4, 0.5) is 0 Å². The number of hydrogen-bond acceptors (Lipinski definition) is 11. The van der Waals surface area contributed by atoms with Gasteiger partial charge in [0.1, 0.15) is 12.4 Å². The quantitative estimate of drug-likeness (QED) is 0.149. The maximum absolute atomic E-state index is 12.4. The predicted octanol–water partition coefficient (Wildman–Crippen LogP) is 0.0359. The molecular formula is C31H60N8O3. The third kappa shape index (κ3) is 18.7. The van der Waals surface area contributed by atoms with Gasteiger partial charge in [0.2, 0.25) is 0 Å². The summed E-state index contributed by atoms with van der Waals surface area (Å²) in [7, 11) is 3.83. The molecule has 1 aromatic rings. The van der Waals surface area contributed by atoms with Crippen LogP contribution in [0.15, 0.2) is 24.3 Å². The van der Waals surface area contributed by atoms with Crippen molar-refractivity contribution in [2.45, 2.75) is 26.4 Å². The maximum Gasteiger partial charge on any atom is 0.306 e. The van der Waals surface area contributed by atoms with Gasteiger partial charge >= 0.3 is 5.97 Å². The minimum absolute atomic E-state index is 0.140. The molecule has 0 saturated carbocycles. The standard InChI is InChI=1S/C31H60N8O3/c1-4-32-11-12-34-16-23-39-24-17-35-14-13-33-15-21-37(2)26-27-38(22-18-36-19-25-39)20-5-6-31(40)42-28-29-7-9-30(41-3)10-8-29/h7-10,32-36H,4-6,11-28H2,1-3H3. The zero-order chi connectivity index (χ0) is 30.1. The van der Waals surface area contributed by atoms with E-state index in [-0.39, 0.29) is 5.97 Å². The van der Waals surface area contributed by atoms with Crippen LogP contribution in [-0.4, -0.2) is 153 Å². The number of carbonyl (C=O) groups is 1. The van der Waals surface area contributed by atoms with Crippen molar-refractivity contribution >= 4 is 5.97 Å². The van der Waals surface area contributed by atoms with Crippen LogP contribution in [0.1, 0.15) is 25.3 Å². The van der Waals surface area contributed by atoms with Crippen molar-refractivity contribution in [3.05, 3.63) is 29.8 Å². The molecule has 0 aromatic heterocycles. The van der Waals surface area contributed by atoms with Crippen molar-refractivity contribution in [2.75, 3.05) is 132 Å². The molecule has 1 aromatic carbocycles. The van der Waals surface area contributed by atoms with Crippen molar-refractivity contribution in [3.8, 4) is 5.75 Å². The number of methoxy groups -OCH3 is 1. The minimum Gasteiger partial charge on any atom is -0.497 e. The maximum atomic E-state index is 12.4. The summed E-state index contributed by atoms with van der Waals surface area (Å²) in [5, 5.41) is 17.7. The predicted molar refractivity (Wildman–Crippen MR) is 172 cm³/mol. The monoisotopic (exact) mass is 592 g/mol. The molecule has 1 aliphatic rings. The Balaban J connectivity index is 1.75. The van der Waals surface area contributed by atoms with Crippen molar-refractivity contribution in [2.24, 2.45) is 0 Å². The van der Waals surface area contributed by atoms with Gasteiger partial charge in [-0.2, -0.15) is 0 Å². The normalized spacial score (nSPS) is 18.3. The average Bonchev–Trinajstić information content (AvgIpc) is 3.00. The van der Waals surface area contributed by atoms with Gasteiger partial charge in [-0.1, -0.05) is 19.1 Å². The van der Waals surface area contributed by atoms with Crippen LogP contribution in [0.5, 0.6) is 5.75 Å². The summed E-state index contributed by atoms with van der Waals surface area (Å²) >= 11 is 0. The largest absolute Gasteiger partial charge is 0.497 e. The number of benzene rings is 1. The summed E-state index contributed by atoms with van der Waals surface area (Å²) in [6.07, 6.45) is 1.24. The zero-order valence-electron chi connectivity index (χ0n) is 26.7. The van der Waals surface area contributed by atoms with Gasteiger partial charge in [-0.05, 0) is 44.3 Å². The van der Waals surface area contributed by atoms with E-state index in [4.69, 9.17) is 9.47 Å². The molecule has 42 heavy (non-hydrogen) atoms. The van der Waals surface area contributed by atoms with E-state index in [1.165, 1.54) is 0 Å². The summed E-state index contributed by atoms with van der Waals surface area (Å²) in [6, 6.07) is 7.63. The molecule has 1 fully saturated rings. The minimum atomic E-state index is -0.140. The van der Waals surface area contributed by atoms with E-state index in [1.807, 2.05) is 24.3 Å². The number of hydrogen-bond donors (Lipinski definition) is 5. The number of rotatable bonds is 14. The molecule has 0 unspecified atom stereocenters. The molecule has 0 radical (unpaired) electrons. The van der Waals surface area contributed by atoms with Gasteiger partial charge in [0.15, 0.2) is 0 Å². The SMILES string of the molecule is CCNCCNCCN1CCNCCNCCN(C)CCN(CCCC(=O)OCc2ccc(OC)cc2)CCNCC1. The van der Waals surface area contributed by atoms with Gasteiger partial charge in [-0.25, -0.2) is 0 Å². The molecule has 242 valence electrons. The molecule has 0 amide bonds. The highest BCUT2D eigenvalue weighted by Crippen LogP contribution is 2.12. The Morgan fingerprint density at radius 2 is 1.40 bits per heavy atom. The molecule has 0 atom stereocenters. The van der Waals surface area contributed by atoms with Gasteiger partial charge in [0, 0.05) is 111 Å². The second kappa shape index (κ2) is 24.6. The lowest BCUT2D eigenvalue weighted by molar-refractivity contribution is -0.145. The van der Waals surface area contributed by atoms with Crippen LogP contribution in [0.25, 0.3) is 0 Å². The smallest absolute Gasteiger partial charge is 0.306 e. The molecule has 11 nitrogen and oxygen atoms in total. The lowest BCUT2D eigenvalue weighted by Gasteiger charge is -2.27. The Kier molecular flexibility index (Phi) is 21.3. The van der Waals surface area contributed by atoms with Crippen LogP contribution in [0, 0.1) is 0 Å². The second-order valence-electron chi connectivity index (χ2n) is 11.0. The van der Waals surface area contributed by atoms with E-state index in [0.717, 1.165) is 136 Å². The van der Waals surface area contributed by atoms with Crippen molar-refractivity contribution in [3.63, 3.8) is 0 Å². The van der Waals surface area contributed by atoms with Crippen LogP contribution < -0.4 is 31.3 Å². The lowest BCUT2D eigenvalue weighted by Crippen LogP contribution is -2.44. The molecule has 5 N–H and O–H groups in total. The Hall–Kier alpha value is -1.83. The molecular weight excluding hydrogens is 532 g/mol. The van der Waals surface area contributed by atoms with E-state index in [2.05, 4.69) is 55.3 Å². The van der Waals surface area contributed by atoms with E-state index >= 15 is 0 Å². The first-order valence-corrected chi connectivity index (χ1v) is 16.1. The Morgan fingerprint density at radius 3 is 2.07 bits per heavy atom. The number of carbonyl (C=O) groups excluding carboxylic acids is 1. The molecule has 1 aliphatic heterocycles.